The van der Waals surface area contributed by atoms with Crippen molar-refractivity contribution in [3.63, 3.8) is 0 Å². The van der Waals surface area contributed by atoms with Gasteiger partial charge in [0.05, 0.1) is 6.07 Å². The molecule has 0 heterocycles. The van der Waals surface area contributed by atoms with E-state index in [1.165, 1.54) is 0 Å². The van der Waals surface area contributed by atoms with E-state index in [0.29, 0.717) is 0 Å². The molecule has 12 heavy (non-hydrogen) atoms. The Balaban J connectivity index is 2.22. The third-order valence-electron chi connectivity index (χ3n) is 3.13. The molecule has 64 valence electrons. The minimum atomic E-state index is -1.15. The number of alkyl halides is 1. The molecule has 0 saturated heterocycles. The highest BCUT2D eigenvalue weighted by Gasteiger charge is 2.61. The van der Waals surface area contributed by atoms with Crippen molar-refractivity contribution in [2.24, 2.45) is 11.8 Å². The van der Waals surface area contributed by atoms with Gasteiger partial charge in [-0.1, -0.05) is 24.4 Å². The second kappa shape index (κ2) is 2.47. The van der Waals surface area contributed by atoms with Crippen LogP contribution < -0.4 is 0 Å². The minimum Gasteiger partial charge on any atom is -0.296 e. The SMILES string of the molecule is N#C[C@@]1(Cl)C(=O)[C@@H]2CCCC[C@@H]21. The van der Waals surface area contributed by atoms with Crippen LogP contribution in [-0.2, 0) is 4.79 Å². The molecule has 2 rings (SSSR count). The molecule has 2 nitrogen and oxygen atoms in total. The summed E-state index contributed by atoms with van der Waals surface area (Å²) < 4.78 is 0. The number of ketones is 1. The summed E-state index contributed by atoms with van der Waals surface area (Å²) in [5.41, 5.74) is 0. The lowest BCUT2D eigenvalue weighted by Gasteiger charge is -2.47. The molecule has 0 aromatic carbocycles. The number of hydrogen-bond acceptors (Lipinski definition) is 2. The molecule has 0 bridgehead atoms. The first kappa shape index (κ1) is 8.07. The van der Waals surface area contributed by atoms with Gasteiger partial charge in [-0.3, -0.25) is 4.79 Å². The van der Waals surface area contributed by atoms with Crippen molar-refractivity contribution >= 4 is 17.4 Å². The molecule has 0 aromatic rings. The predicted molar refractivity (Wildman–Crippen MR) is 44.7 cm³/mol. The number of fused-ring (bicyclic) bond motifs is 1. The molecule has 0 aromatic heterocycles. The Kier molecular flexibility index (Phi) is 1.66. The van der Waals surface area contributed by atoms with Crippen LogP contribution in [0.15, 0.2) is 0 Å². The summed E-state index contributed by atoms with van der Waals surface area (Å²) in [7, 11) is 0. The first-order chi connectivity index (χ1) is 5.70. The quantitative estimate of drug-likeness (QED) is 0.538. The third-order valence-corrected chi connectivity index (χ3v) is 3.69. The number of rotatable bonds is 0. The van der Waals surface area contributed by atoms with Crippen molar-refractivity contribution < 1.29 is 4.79 Å². The summed E-state index contributed by atoms with van der Waals surface area (Å²) in [6.45, 7) is 0. The number of carbonyl (C=O) groups excluding carboxylic acids is 1. The monoisotopic (exact) mass is 183 g/mol. The van der Waals surface area contributed by atoms with E-state index in [4.69, 9.17) is 16.9 Å². The molecular weight excluding hydrogens is 174 g/mol. The lowest BCUT2D eigenvalue weighted by atomic mass is 9.57. The maximum Gasteiger partial charge on any atom is 0.192 e. The molecule has 0 unspecified atom stereocenters. The van der Waals surface area contributed by atoms with E-state index >= 15 is 0 Å². The molecule has 0 spiro atoms. The van der Waals surface area contributed by atoms with Gasteiger partial charge in [-0.05, 0) is 12.8 Å². The maximum absolute atomic E-state index is 11.4. The first-order valence-electron chi connectivity index (χ1n) is 4.34. The maximum atomic E-state index is 11.4. The molecule has 2 fully saturated rings. The summed E-state index contributed by atoms with van der Waals surface area (Å²) in [6.07, 6.45) is 4.13. The Bertz CT molecular complexity index is 270. The van der Waals surface area contributed by atoms with Gasteiger partial charge in [0.15, 0.2) is 10.7 Å². The van der Waals surface area contributed by atoms with Crippen LogP contribution in [0.25, 0.3) is 0 Å². The van der Waals surface area contributed by atoms with E-state index in [1.807, 2.05) is 6.07 Å². The fraction of sp³-hybridized carbons (Fsp3) is 0.778. The predicted octanol–water partition coefficient (Wildman–Crippen LogP) is 1.88. The minimum absolute atomic E-state index is 0.0311. The van der Waals surface area contributed by atoms with Crippen LogP contribution in [0.1, 0.15) is 25.7 Å². The summed E-state index contributed by atoms with van der Waals surface area (Å²) in [5, 5.41) is 8.75. The van der Waals surface area contributed by atoms with Crippen LogP contribution in [-0.4, -0.2) is 10.7 Å². The number of nitrogens with zero attached hydrogens (tertiary/aromatic N) is 1. The first-order valence-corrected chi connectivity index (χ1v) is 4.72. The van der Waals surface area contributed by atoms with Crippen molar-refractivity contribution in [3.8, 4) is 6.07 Å². The second-order valence-electron chi connectivity index (χ2n) is 3.69. The molecule has 3 atom stereocenters. The van der Waals surface area contributed by atoms with E-state index in [-0.39, 0.29) is 17.6 Å². The van der Waals surface area contributed by atoms with Crippen LogP contribution in [0.4, 0.5) is 0 Å². The van der Waals surface area contributed by atoms with Crippen LogP contribution in [0.2, 0.25) is 0 Å². The Morgan fingerprint density at radius 1 is 1.50 bits per heavy atom. The molecule has 0 aliphatic heterocycles. The van der Waals surface area contributed by atoms with Crippen LogP contribution in [0, 0.1) is 23.2 Å². The lowest BCUT2D eigenvalue weighted by Crippen LogP contribution is -2.60. The molecular formula is C9H10ClNO. The Labute approximate surface area is 76.5 Å². The molecule has 2 aliphatic rings. The van der Waals surface area contributed by atoms with Gasteiger partial charge in [-0.15, -0.1) is 0 Å². The molecule has 3 heteroatoms. The van der Waals surface area contributed by atoms with Crippen LogP contribution in [0.5, 0.6) is 0 Å². The lowest BCUT2D eigenvalue weighted by molar-refractivity contribution is -0.139. The fourth-order valence-electron chi connectivity index (χ4n) is 2.42. The summed E-state index contributed by atoms with van der Waals surface area (Å²) in [5.74, 6) is 0.220. The van der Waals surface area contributed by atoms with Gasteiger partial charge in [0.25, 0.3) is 0 Å². The van der Waals surface area contributed by atoms with Gasteiger partial charge in [-0.25, -0.2) is 0 Å². The normalized spacial score (nSPS) is 45.8. The second-order valence-corrected chi connectivity index (χ2v) is 4.28. The average Bonchev–Trinajstić information content (AvgIpc) is 2.16. The van der Waals surface area contributed by atoms with E-state index < -0.39 is 4.87 Å². The number of Topliss-reactive ketones (excluding diaryl/α,β-unsaturated/α-hetero) is 1. The van der Waals surface area contributed by atoms with Crippen molar-refractivity contribution in [2.45, 2.75) is 30.6 Å². The third kappa shape index (κ3) is 0.778. The molecule has 0 amide bonds. The van der Waals surface area contributed by atoms with Gasteiger partial charge >= 0.3 is 0 Å². The number of halogens is 1. The van der Waals surface area contributed by atoms with E-state index in [2.05, 4.69) is 0 Å². The largest absolute Gasteiger partial charge is 0.296 e. The van der Waals surface area contributed by atoms with E-state index in [0.717, 1.165) is 25.7 Å². The van der Waals surface area contributed by atoms with Crippen LogP contribution >= 0.6 is 11.6 Å². The summed E-state index contributed by atoms with van der Waals surface area (Å²) >= 11 is 5.91. The van der Waals surface area contributed by atoms with Crippen molar-refractivity contribution in [1.29, 1.82) is 5.26 Å². The zero-order valence-electron chi connectivity index (χ0n) is 6.72. The number of hydrogen-bond donors (Lipinski definition) is 0. The highest BCUT2D eigenvalue weighted by atomic mass is 35.5. The fourth-order valence-corrected chi connectivity index (χ4v) is 2.82. The average molecular weight is 184 g/mol. The standard InChI is InChI=1S/C9H10ClNO/c10-9(5-11)7-4-2-1-3-6(7)8(9)12/h6-7H,1-4H2/t6-,7+,9+/m1/s1. The number of nitriles is 1. The van der Waals surface area contributed by atoms with E-state index in [9.17, 15) is 4.79 Å². The van der Waals surface area contributed by atoms with E-state index in [1.54, 1.807) is 0 Å². The zero-order chi connectivity index (χ0) is 8.77. The smallest absolute Gasteiger partial charge is 0.192 e. The molecule has 2 saturated carbocycles. The topological polar surface area (TPSA) is 40.9 Å². The summed E-state index contributed by atoms with van der Waals surface area (Å²) in [4.78, 5) is 10.2. The van der Waals surface area contributed by atoms with Crippen molar-refractivity contribution in [2.75, 3.05) is 0 Å². The summed E-state index contributed by atoms with van der Waals surface area (Å²) in [6, 6.07) is 1.94. The van der Waals surface area contributed by atoms with Gasteiger partial charge in [0.2, 0.25) is 0 Å². The zero-order valence-corrected chi connectivity index (χ0v) is 7.47. The van der Waals surface area contributed by atoms with Gasteiger partial charge in [0, 0.05) is 11.8 Å². The van der Waals surface area contributed by atoms with Crippen molar-refractivity contribution in [3.05, 3.63) is 0 Å². The Morgan fingerprint density at radius 3 is 2.83 bits per heavy atom. The van der Waals surface area contributed by atoms with Crippen molar-refractivity contribution in [1.82, 2.24) is 0 Å². The molecule has 0 N–H and O–H groups in total. The molecule has 0 radical (unpaired) electrons. The van der Waals surface area contributed by atoms with Gasteiger partial charge in [0.1, 0.15) is 0 Å². The Hall–Kier alpha value is -0.550. The van der Waals surface area contributed by atoms with Crippen LogP contribution in [0.3, 0.4) is 0 Å². The van der Waals surface area contributed by atoms with Gasteiger partial charge in [-0.2, -0.15) is 5.26 Å². The number of carbonyl (C=O) groups is 1. The highest BCUT2D eigenvalue weighted by Crippen LogP contribution is 2.52. The molecule has 2 aliphatic carbocycles. The Morgan fingerprint density at radius 2 is 2.17 bits per heavy atom. The van der Waals surface area contributed by atoms with Gasteiger partial charge < -0.3 is 0 Å². The highest BCUT2D eigenvalue weighted by molar-refractivity contribution is 6.40.